The minimum Gasteiger partial charge on any atom is -0.355 e. The molecule has 110 valence electrons. The van der Waals surface area contributed by atoms with Crippen LogP contribution in [0.2, 0.25) is 5.02 Å². The van der Waals surface area contributed by atoms with E-state index in [-0.39, 0.29) is 5.91 Å². The molecule has 0 spiro atoms. The van der Waals surface area contributed by atoms with E-state index in [1.165, 1.54) is 18.2 Å². The molecule has 1 amide bonds. The van der Waals surface area contributed by atoms with E-state index in [9.17, 15) is 9.18 Å². The average Bonchev–Trinajstić information content (AvgIpc) is 2.44. The summed E-state index contributed by atoms with van der Waals surface area (Å²) in [5, 5.41) is 6.39. The van der Waals surface area contributed by atoms with Crippen LogP contribution in [-0.4, -0.2) is 12.5 Å². The molecule has 2 N–H and O–H groups in total. The van der Waals surface area contributed by atoms with E-state index in [1.807, 2.05) is 19.9 Å². The van der Waals surface area contributed by atoms with Crippen molar-refractivity contribution in [2.75, 3.05) is 11.9 Å². The molecule has 0 saturated carbocycles. The highest BCUT2D eigenvalue weighted by molar-refractivity contribution is 6.31. The van der Waals surface area contributed by atoms with Crippen LogP contribution in [0.1, 0.15) is 22.8 Å². The molecule has 0 heterocycles. The second-order valence-corrected chi connectivity index (χ2v) is 4.99. The smallest absolute Gasteiger partial charge is 0.253 e. The van der Waals surface area contributed by atoms with Gasteiger partial charge in [-0.3, -0.25) is 4.79 Å². The molecule has 0 unspecified atom stereocenters. The summed E-state index contributed by atoms with van der Waals surface area (Å²) in [6.45, 7) is 4.19. The number of amides is 1. The summed E-state index contributed by atoms with van der Waals surface area (Å²) in [5.74, 6) is -0.662. The van der Waals surface area contributed by atoms with E-state index < -0.39 is 5.82 Å². The maximum Gasteiger partial charge on any atom is 0.253 e. The van der Waals surface area contributed by atoms with Gasteiger partial charge in [-0.1, -0.05) is 17.7 Å². The normalized spacial score (nSPS) is 10.3. The molecule has 0 saturated heterocycles. The van der Waals surface area contributed by atoms with Gasteiger partial charge in [0.15, 0.2) is 0 Å². The molecular formula is C16H16ClFN2O. The minimum atomic E-state index is -0.412. The second kappa shape index (κ2) is 6.59. The summed E-state index contributed by atoms with van der Waals surface area (Å²) < 4.78 is 13.5. The second-order valence-electron chi connectivity index (χ2n) is 4.59. The molecule has 3 nitrogen and oxygen atoms in total. The minimum absolute atomic E-state index is 0.250. The van der Waals surface area contributed by atoms with Crippen molar-refractivity contribution in [2.24, 2.45) is 0 Å². The highest BCUT2D eigenvalue weighted by Crippen LogP contribution is 2.28. The Bertz CT molecular complexity index is 673. The van der Waals surface area contributed by atoms with Crippen LogP contribution in [0.5, 0.6) is 0 Å². The third kappa shape index (κ3) is 3.52. The van der Waals surface area contributed by atoms with Crippen LogP contribution >= 0.6 is 11.6 Å². The Hall–Kier alpha value is -2.07. The first kappa shape index (κ1) is 15.3. The maximum absolute atomic E-state index is 13.5. The van der Waals surface area contributed by atoms with Crippen LogP contribution in [0.4, 0.5) is 15.8 Å². The van der Waals surface area contributed by atoms with Gasteiger partial charge in [-0.2, -0.15) is 0 Å². The molecule has 5 heteroatoms. The first-order chi connectivity index (χ1) is 10.0. The standard InChI is InChI=1S/C16H16ClFN2O/c1-3-19-16(21)12-8-7-11(18)9-15(12)20-14-6-4-5-13(17)10(14)2/h4-9,20H,3H2,1-2H3,(H,19,21). The molecule has 0 aliphatic carbocycles. The number of benzene rings is 2. The molecule has 0 aliphatic heterocycles. The summed E-state index contributed by atoms with van der Waals surface area (Å²) in [7, 11) is 0. The monoisotopic (exact) mass is 306 g/mol. The van der Waals surface area contributed by atoms with E-state index in [2.05, 4.69) is 10.6 Å². The van der Waals surface area contributed by atoms with Crippen LogP contribution < -0.4 is 10.6 Å². The fraction of sp³-hybridized carbons (Fsp3) is 0.188. The van der Waals surface area contributed by atoms with Crippen molar-refractivity contribution in [2.45, 2.75) is 13.8 Å². The lowest BCUT2D eigenvalue weighted by Crippen LogP contribution is -2.23. The van der Waals surface area contributed by atoms with Crippen LogP contribution in [0.15, 0.2) is 36.4 Å². The SMILES string of the molecule is CCNC(=O)c1ccc(F)cc1Nc1cccc(Cl)c1C. The van der Waals surface area contributed by atoms with Gasteiger partial charge in [0.1, 0.15) is 5.82 Å². The van der Waals surface area contributed by atoms with Gasteiger partial charge in [0, 0.05) is 17.3 Å². The Kier molecular flexibility index (Phi) is 4.81. The predicted molar refractivity (Wildman–Crippen MR) is 83.9 cm³/mol. The Morgan fingerprint density at radius 2 is 2.00 bits per heavy atom. The van der Waals surface area contributed by atoms with Crippen molar-refractivity contribution in [3.8, 4) is 0 Å². The first-order valence-electron chi connectivity index (χ1n) is 6.62. The van der Waals surface area contributed by atoms with Gasteiger partial charge in [-0.25, -0.2) is 4.39 Å². The molecule has 0 aromatic heterocycles. The summed E-state index contributed by atoms with van der Waals surface area (Å²) in [6.07, 6.45) is 0. The summed E-state index contributed by atoms with van der Waals surface area (Å²) >= 11 is 6.07. The third-order valence-corrected chi connectivity index (χ3v) is 3.51. The third-order valence-electron chi connectivity index (χ3n) is 3.10. The molecule has 0 bridgehead atoms. The maximum atomic E-state index is 13.5. The lowest BCUT2D eigenvalue weighted by atomic mass is 10.1. The van der Waals surface area contributed by atoms with Gasteiger partial charge in [-0.15, -0.1) is 0 Å². The van der Waals surface area contributed by atoms with Crippen molar-refractivity contribution in [3.63, 3.8) is 0 Å². The number of anilines is 2. The molecule has 2 aromatic rings. The number of halogens is 2. The van der Waals surface area contributed by atoms with E-state index >= 15 is 0 Å². The predicted octanol–water partition coefficient (Wildman–Crippen LogP) is 4.28. The lowest BCUT2D eigenvalue weighted by molar-refractivity contribution is 0.0956. The summed E-state index contributed by atoms with van der Waals surface area (Å²) in [5.41, 5.74) is 2.37. The van der Waals surface area contributed by atoms with E-state index in [0.29, 0.717) is 22.8 Å². The van der Waals surface area contributed by atoms with Crippen molar-refractivity contribution in [3.05, 3.63) is 58.4 Å². The fourth-order valence-corrected chi connectivity index (χ4v) is 2.14. The van der Waals surface area contributed by atoms with Gasteiger partial charge >= 0.3 is 0 Å². The lowest BCUT2D eigenvalue weighted by Gasteiger charge is -2.14. The van der Waals surface area contributed by atoms with Crippen molar-refractivity contribution in [1.29, 1.82) is 0 Å². The Labute approximate surface area is 128 Å². The molecule has 21 heavy (non-hydrogen) atoms. The number of hydrogen-bond donors (Lipinski definition) is 2. The summed E-state index contributed by atoms with van der Waals surface area (Å²) in [4.78, 5) is 12.0. The fourth-order valence-electron chi connectivity index (χ4n) is 1.96. The van der Waals surface area contributed by atoms with Crippen LogP contribution in [0.25, 0.3) is 0 Å². The number of carbonyl (C=O) groups is 1. The zero-order valence-electron chi connectivity index (χ0n) is 11.8. The Morgan fingerprint density at radius 3 is 2.71 bits per heavy atom. The Morgan fingerprint density at radius 1 is 1.24 bits per heavy atom. The molecule has 0 atom stereocenters. The molecule has 2 rings (SSSR count). The van der Waals surface area contributed by atoms with Crippen LogP contribution in [-0.2, 0) is 0 Å². The highest BCUT2D eigenvalue weighted by atomic mass is 35.5. The average molecular weight is 307 g/mol. The van der Waals surface area contributed by atoms with Gasteiger partial charge in [0.2, 0.25) is 0 Å². The van der Waals surface area contributed by atoms with Crippen molar-refractivity contribution >= 4 is 28.9 Å². The van der Waals surface area contributed by atoms with Gasteiger partial charge in [0.25, 0.3) is 5.91 Å². The van der Waals surface area contributed by atoms with Crippen molar-refractivity contribution in [1.82, 2.24) is 5.32 Å². The molecule has 0 fully saturated rings. The van der Waals surface area contributed by atoms with Crippen molar-refractivity contribution < 1.29 is 9.18 Å². The zero-order valence-corrected chi connectivity index (χ0v) is 12.6. The van der Waals surface area contributed by atoms with Gasteiger partial charge in [-0.05, 0) is 49.7 Å². The molecule has 2 aromatic carbocycles. The highest BCUT2D eigenvalue weighted by Gasteiger charge is 2.13. The topological polar surface area (TPSA) is 41.1 Å². The quantitative estimate of drug-likeness (QED) is 0.885. The summed E-state index contributed by atoms with van der Waals surface area (Å²) in [6, 6.07) is 9.42. The van der Waals surface area contributed by atoms with Crippen LogP contribution in [0, 0.1) is 12.7 Å². The number of hydrogen-bond acceptors (Lipinski definition) is 2. The van der Waals surface area contributed by atoms with Crippen LogP contribution in [0.3, 0.4) is 0 Å². The molecule has 0 radical (unpaired) electrons. The van der Waals surface area contributed by atoms with E-state index in [4.69, 9.17) is 11.6 Å². The molecular weight excluding hydrogens is 291 g/mol. The van der Waals surface area contributed by atoms with Gasteiger partial charge < -0.3 is 10.6 Å². The number of nitrogens with one attached hydrogen (secondary N) is 2. The first-order valence-corrected chi connectivity index (χ1v) is 7.00. The van der Waals surface area contributed by atoms with E-state index in [0.717, 1.165) is 11.3 Å². The number of carbonyl (C=O) groups excluding carboxylic acids is 1. The van der Waals surface area contributed by atoms with Gasteiger partial charge in [0.05, 0.1) is 11.3 Å². The van der Waals surface area contributed by atoms with E-state index in [1.54, 1.807) is 12.1 Å². The Balaban J connectivity index is 2.41. The molecule has 0 aliphatic rings. The zero-order chi connectivity index (χ0) is 15.4. The largest absolute Gasteiger partial charge is 0.355 e. The number of rotatable bonds is 4.